The van der Waals surface area contributed by atoms with Gasteiger partial charge in [-0.05, 0) is 43.2 Å². The predicted molar refractivity (Wildman–Crippen MR) is 104 cm³/mol. The van der Waals surface area contributed by atoms with Crippen LogP contribution in [0, 0.1) is 5.41 Å². The van der Waals surface area contributed by atoms with Crippen LogP contribution in [0.1, 0.15) is 85.5 Å². The SMILES string of the molecule is CCCCCCCC(=O)Oc1ccccc1OCCCCC(C)(C)C. The van der Waals surface area contributed by atoms with Gasteiger partial charge in [0.1, 0.15) is 0 Å². The van der Waals surface area contributed by atoms with Crippen LogP contribution in [0.5, 0.6) is 11.5 Å². The molecule has 3 nitrogen and oxygen atoms in total. The van der Waals surface area contributed by atoms with Crippen molar-refractivity contribution in [3.8, 4) is 11.5 Å². The highest BCUT2D eigenvalue weighted by Gasteiger charge is 2.11. The zero-order valence-corrected chi connectivity index (χ0v) is 16.6. The second-order valence-corrected chi connectivity index (χ2v) is 7.95. The first kappa shape index (κ1) is 21.5. The van der Waals surface area contributed by atoms with Crippen LogP contribution in [0.4, 0.5) is 0 Å². The Bertz CT molecular complexity index is 488. The number of carbonyl (C=O) groups excluding carboxylic acids is 1. The molecule has 0 atom stereocenters. The number of benzene rings is 1. The lowest BCUT2D eigenvalue weighted by Crippen LogP contribution is -2.09. The first-order valence-electron chi connectivity index (χ1n) is 9.85. The maximum Gasteiger partial charge on any atom is 0.311 e. The van der Waals surface area contributed by atoms with Gasteiger partial charge in [0.05, 0.1) is 6.61 Å². The third-order valence-corrected chi connectivity index (χ3v) is 4.14. The van der Waals surface area contributed by atoms with Crippen molar-refractivity contribution in [1.29, 1.82) is 0 Å². The van der Waals surface area contributed by atoms with Gasteiger partial charge in [-0.25, -0.2) is 0 Å². The van der Waals surface area contributed by atoms with E-state index in [4.69, 9.17) is 9.47 Å². The minimum absolute atomic E-state index is 0.166. The summed E-state index contributed by atoms with van der Waals surface area (Å²) >= 11 is 0. The van der Waals surface area contributed by atoms with Gasteiger partial charge in [0.15, 0.2) is 11.5 Å². The fourth-order valence-corrected chi connectivity index (χ4v) is 2.64. The van der Waals surface area contributed by atoms with Gasteiger partial charge in [-0.3, -0.25) is 4.79 Å². The van der Waals surface area contributed by atoms with Crippen molar-refractivity contribution in [2.24, 2.45) is 5.41 Å². The highest BCUT2D eigenvalue weighted by Crippen LogP contribution is 2.28. The molecule has 142 valence electrons. The number of para-hydroxylation sites is 2. The smallest absolute Gasteiger partial charge is 0.311 e. The molecule has 0 heterocycles. The molecule has 3 heteroatoms. The Morgan fingerprint density at radius 1 is 0.920 bits per heavy atom. The lowest BCUT2D eigenvalue weighted by Gasteiger charge is -2.17. The summed E-state index contributed by atoms with van der Waals surface area (Å²) in [4.78, 5) is 12.0. The Kier molecular flexibility index (Phi) is 10.3. The fraction of sp³-hybridized carbons (Fsp3) is 0.682. The van der Waals surface area contributed by atoms with Gasteiger partial charge in [-0.1, -0.05) is 65.5 Å². The third kappa shape index (κ3) is 10.9. The second-order valence-electron chi connectivity index (χ2n) is 7.95. The van der Waals surface area contributed by atoms with Crippen LogP contribution in [-0.2, 0) is 4.79 Å². The Hall–Kier alpha value is -1.51. The summed E-state index contributed by atoms with van der Waals surface area (Å²) in [6.45, 7) is 9.61. The molecular weight excluding hydrogens is 312 g/mol. The molecule has 0 radical (unpaired) electrons. The van der Waals surface area contributed by atoms with Crippen LogP contribution in [0.15, 0.2) is 24.3 Å². The summed E-state index contributed by atoms with van der Waals surface area (Å²) in [7, 11) is 0. The monoisotopic (exact) mass is 348 g/mol. The summed E-state index contributed by atoms with van der Waals surface area (Å²) < 4.78 is 11.3. The van der Waals surface area contributed by atoms with Gasteiger partial charge < -0.3 is 9.47 Å². The third-order valence-electron chi connectivity index (χ3n) is 4.14. The van der Waals surface area contributed by atoms with Crippen molar-refractivity contribution >= 4 is 5.97 Å². The second kappa shape index (κ2) is 11.9. The minimum atomic E-state index is -0.166. The van der Waals surface area contributed by atoms with Crippen molar-refractivity contribution in [1.82, 2.24) is 0 Å². The Morgan fingerprint density at radius 3 is 2.28 bits per heavy atom. The van der Waals surface area contributed by atoms with Crippen LogP contribution >= 0.6 is 0 Å². The standard InChI is InChI=1S/C22H36O3/c1-5-6-7-8-9-16-21(23)25-20-15-11-10-14-19(20)24-18-13-12-17-22(2,3)4/h10-11,14-15H,5-9,12-13,16-18H2,1-4H3. The van der Waals surface area contributed by atoms with E-state index in [1.54, 1.807) is 6.07 Å². The van der Waals surface area contributed by atoms with E-state index in [9.17, 15) is 4.79 Å². The summed E-state index contributed by atoms with van der Waals surface area (Å²) in [6.07, 6.45) is 9.45. The fourth-order valence-electron chi connectivity index (χ4n) is 2.64. The largest absolute Gasteiger partial charge is 0.490 e. The van der Waals surface area contributed by atoms with Crippen molar-refractivity contribution < 1.29 is 14.3 Å². The molecule has 0 saturated heterocycles. The van der Waals surface area contributed by atoms with Gasteiger partial charge in [0.2, 0.25) is 0 Å². The normalized spacial score (nSPS) is 11.4. The Balaban J connectivity index is 2.34. The number of unbranched alkanes of at least 4 members (excludes halogenated alkanes) is 5. The van der Waals surface area contributed by atoms with Gasteiger partial charge in [-0.2, -0.15) is 0 Å². The van der Waals surface area contributed by atoms with Crippen LogP contribution in [0.2, 0.25) is 0 Å². The van der Waals surface area contributed by atoms with Crippen LogP contribution in [-0.4, -0.2) is 12.6 Å². The maximum atomic E-state index is 12.0. The lowest BCUT2D eigenvalue weighted by molar-refractivity contribution is -0.134. The number of hydrogen-bond donors (Lipinski definition) is 0. The molecule has 0 unspecified atom stereocenters. The Labute approximate surface area is 154 Å². The van der Waals surface area contributed by atoms with Gasteiger partial charge in [0.25, 0.3) is 0 Å². The van der Waals surface area contributed by atoms with E-state index < -0.39 is 0 Å². The average molecular weight is 349 g/mol. The van der Waals surface area contributed by atoms with E-state index in [0.29, 0.717) is 29.9 Å². The van der Waals surface area contributed by atoms with Crippen LogP contribution in [0.3, 0.4) is 0 Å². The molecule has 1 aromatic rings. The highest BCUT2D eigenvalue weighted by atomic mass is 16.6. The molecule has 0 bridgehead atoms. The molecular formula is C22H36O3. The first-order valence-corrected chi connectivity index (χ1v) is 9.85. The van der Waals surface area contributed by atoms with Crippen molar-refractivity contribution in [3.63, 3.8) is 0 Å². The zero-order valence-electron chi connectivity index (χ0n) is 16.6. The molecule has 0 aliphatic carbocycles. The molecule has 0 spiro atoms. The van der Waals surface area contributed by atoms with E-state index in [1.807, 2.05) is 18.2 Å². The molecule has 0 saturated carbocycles. The van der Waals surface area contributed by atoms with Crippen molar-refractivity contribution in [3.05, 3.63) is 24.3 Å². The van der Waals surface area contributed by atoms with E-state index in [0.717, 1.165) is 25.7 Å². The van der Waals surface area contributed by atoms with E-state index in [-0.39, 0.29) is 5.97 Å². The molecule has 1 aromatic carbocycles. The van der Waals surface area contributed by atoms with Gasteiger partial charge in [0, 0.05) is 6.42 Å². The van der Waals surface area contributed by atoms with E-state index in [1.165, 1.54) is 25.7 Å². The minimum Gasteiger partial charge on any atom is -0.490 e. The van der Waals surface area contributed by atoms with Crippen LogP contribution in [0.25, 0.3) is 0 Å². The number of ether oxygens (including phenoxy) is 2. The quantitative estimate of drug-likeness (QED) is 0.244. The number of rotatable bonds is 12. The Morgan fingerprint density at radius 2 is 1.60 bits per heavy atom. The molecule has 0 N–H and O–H groups in total. The zero-order chi connectivity index (χ0) is 18.5. The average Bonchev–Trinajstić information content (AvgIpc) is 2.55. The first-order chi connectivity index (χ1) is 11.9. The lowest BCUT2D eigenvalue weighted by atomic mass is 9.90. The number of carbonyl (C=O) groups is 1. The van der Waals surface area contributed by atoms with Crippen molar-refractivity contribution in [2.75, 3.05) is 6.61 Å². The number of hydrogen-bond acceptors (Lipinski definition) is 3. The highest BCUT2D eigenvalue weighted by molar-refractivity contribution is 5.73. The number of esters is 1. The summed E-state index contributed by atoms with van der Waals surface area (Å²) in [5.74, 6) is 1.04. The van der Waals surface area contributed by atoms with Gasteiger partial charge >= 0.3 is 5.97 Å². The summed E-state index contributed by atoms with van der Waals surface area (Å²) in [6, 6.07) is 7.45. The van der Waals surface area contributed by atoms with E-state index >= 15 is 0 Å². The molecule has 0 aliphatic heterocycles. The molecule has 1 rings (SSSR count). The van der Waals surface area contributed by atoms with E-state index in [2.05, 4.69) is 27.7 Å². The molecule has 0 aliphatic rings. The molecule has 0 aromatic heterocycles. The van der Waals surface area contributed by atoms with Crippen molar-refractivity contribution in [2.45, 2.75) is 85.5 Å². The molecule has 25 heavy (non-hydrogen) atoms. The topological polar surface area (TPSA) is 35.5 Å². The summed E-state index contributed by atoms with van der Waals surface area (Å²) in [5.41, 5.74) is 0.366. The van der Waals surface area contributed by atoms with Crippen LogP contribution < -0.4 is 9.47 Å². The molecule has 0 amide bonds. The predicted octanol–water partition coefficient (Wildman–Crippen LogP) is 6.55. The maximum absolute atomic E-state index is 12.0. The summed E-state index contributed by atoms with van der Waals surface area (Å²) in [5, 5.41) is 0. The van der Waals surface area contributed by atoms with Gasteiger partial charge in [-0.15, -0.1) is 0 Å². The molecule has 0 fully saturated rings.